The van der Waals surface area contributed by atoms with Crippen molar-refractivity contribution in [2.75, 3.05) is 6.54 Å². The van der Waals surface area contributed by atoms with Gasteiger partial charge in [-0.3, -0.25) is 4.79 Å². The number of benzene rings is 1. The first kappa shape index (κ1) is 13.4. The van der Waals surface area contributed by atoms with E-state index in [1.807, 2.05) is 6.92 Å². The van der Waals surface area contributed by atoms with Crippen LogP contribution in [0.5, 0.6) is 5.75 Å². The van der Waals surface area contributed by atoms with Crippen molar-refractivity contribution in [2.24, 2.45) is 5.92 Å². The van der Waals surface area contributed by atoms with Gasteiger partial charge in [-0.1, -0.05) is 19.1 Å². The van der Waals surface area contributed by atoms with Crippen LogP contribution in [0.4, 0.5) is 0 Å². The molecule has 1 aromatic rings. The smallest absolute Gasteiger partial charge is 0.326 e. The van der Waals surface area contributed by atoms with Gasteiger partial charge in [-0.25, -0.2) is 4.79 Å². The van der Waals surface area contributed by atoms with Crippen molar-refractivity contribution >= 4 is 11.9 Å². The van der Waals surface area contributed by atoms with Crippen LogP contribution in [-0.2, 0) is 16.0 Å². The van der Waals surface area contributed by atoms with Crippen LogP contribution in [0.3, 0.4) is 0 Å². The molecule has 0 radical (unpaired) electrons. The molecule has 0 bridgehead atoms. The Hall–Kier alpha value is -2.04. The van der Waals surface area contributed by atoms with Gasteiger partial charge in [0.25, 0.3) is 0 Å². The molecule has 5 heteroatoms. The number of carboxylic acid groups (broad SMARTS) is 1. The first-order valence-corrected chi connectivity index (χ1v) is 6.29. The van der Waals surface area contributed by atoms with E-state index in [4.69, 9.17) is 0 Å². The van der Waals surface area contributed by atoms with Gasteiger partial charge in [0, 0.05) is 6.54 Å². The number of nitrogens with zero attached hydrogens (tertiary/aromatic N) is 1. The second-order valence-corrected chi connectivity index (χ2v) is 4.98. The highest BCUT2D eigenvalue weighted by atomic mass is 16.4. The molecule has 0 spiro atoms. The number of hydrogen-bond donors (Lipinski definition) is 2. The molecular weight excluding hydrogens is 246 g/mol. The fraction of sp³-hybridized carbons (Fsp3) is 0.429. The third-order valence-electron chi connectivity index (χ3n) is 3.57. The summed E-state index contributed by atoms with van der Waals surface area (Å²) in [5.74, 6) is -0.984. The molecule has 5 nitrogen and oxygen atoms in total. The lowest BCUT2D eigenvalue weighted by Crippen LogP contribution is -2.43. The van der Waals surface area contributed by atoms with Crippen molar-refractivity contribution in [3.8, 4) is 5.75 Å². The molecular formula is C14H17NO4. The number of hydrogen-bond acceptors (Lipinski definition) is 3. The van der Waals surface area contributed by atoms with Crippen LogP contribution in [0.25, 0.3) is 0 Å². The quantitative estimate of drug-likeness (QED) is 0.860. The molecule has 1 amide bonds. The topological polar surface area (TPSA) is 77.8 Å². The maximum atomic E-state index is 12.2. The van der Waals surface area contributed by atoms with Gasteiger partial charge < -0.3 is 15.1 Å². The number of rotatable bonds is 3. The normalized spacial score (nSPS) is 22.5. The van der Waals surface area contributed by atoms with Crippen molar-refractivity contribution in [3.63, 3.8) is 0 Å². The lowest BCUT2D eigenvalue weighted by Gasteiger charge is -2.23. The van der Waals surface area contributed by atoms with Crippen LogP contribution in [0.1, 0.15) is 18.9 Å². The van der Waals surface area contributed by atoms with E-state index >= 15 is 0 Å². The number of carboxylic acids is 1. The number of amides is 1. The molecule has 1 heterocycles. The first-order chi connectivity index (χ1) is 8.99. The summed E-state index contributed by atoms with van der Waals surface area (Å²) in [5.41, 5.74) is 0.770. The SMILES string of the molecule is CC1CCN(C(=O)Cc2ccc(O)cc2)C1C(=O)O. The minimum atomic E-state index is -0.941. The molecule has 2 N–H and O–H groups in total. The Balaban J connectivity index is 2.07. The molecule has 0 aromatic heterocycles. The highest BCUT2D eigenvalue weighted by Crippen LogP contribution is 2.25. The number of carbonyl (C=O) groups excluding carboxylic acids is 1. The number of phenols is 1. The molecule has 19 heavy (non-hydrogen) atoms. The molecule has 2 unspecified atom stereocenters. The Labute approximate surface area is 111 Å². The average molecular weight is 263 g/mol. The third-order valence-corrected chi connectivity index (χ3v) is 3.57. The van der Waals surface area contributed by atoms with E-state index in [-0.39, 0.29) is 24.0 Å². The van der Waals surface area contributed by atoms with Gasteiger partial charge in [0.2, 0.25) is 5.91 Å². The van der Waals surface area contributed by atoms with Crippen LogP contribution in [0.15, 0.2) is 24.3 Å². The molecule has 0 saturated carbocycles. The van der Waals surface area contributed by atoms with Gasteiger partial charge in [0.1, 0.15) is 11.8 Å². The second kappa shape index (κ2) is 5.30. The highest BCUT2D eigenvalue weighted by molar-refractivity contribution is 5.85. The molecule has 1 fully saturated rings. The zero-order valence-corrected chi connectivity index (χ0v) is 10.7. The van der Waals surface area contributed by atoms with Crippen molar-refractivity contribution in [1.29, 1.82) is 0 Å². The van der Waals surface area contributed by atoms with Crippen LogP contribution >= 0.6 is 0 Å². The number of carbonyl (C=O) groups is 2. The Bertz CT molecular complexity index is 483. The molecule has 1 aliphatic rings. The summed E-state index contributed by atoms with van der Waals surface area (Å²) >= 11 is 0. The van der Waals surface area contributed by atoms with E-state index in [1.165, 1.54) is 17.0 Å². The van der Waals surface area contributed by atoms with Gasteiger partial charge in [-0.15, -0.1) is 0 Å². The predicted molar refractivity (Wildman–Crippen MR) is 68.7 cm³/mol. The van der Waals surface area contributed by atoms with E-state index < -0.39 is 12.0 Å². The minimum Gasteiger partial charge on any atom is -0.508 e. The first-order valence-electron chi connectivity index (χ1n) is 6.29. The van der Waals surface area contributed by atoms with Crippen molar-refractivity contribution < 1.29 is 19.8 Å². The van der Waals surface area contributed by atoms with Gasteiger partial charge in [0.15, 0.2) is 0 Å². The molecule has 102 valence electrons. The summed E-state index contributed by atoms with van der Waals surface area (Å²) < 4.78 is 0. The van der Waals surface area contributed by atoms with Crippen molar-refractivity contribution in [2.45, 2.75) is 25.8 Å². The molecule has 0 aliphatic carbocycles. The Morgan fingerprint density at radius 1 is 1.32 bits per heavy atom. The molecule has 1 aromatic carbocycles. The van der Waals surface area contributed by atoms with Gasteiger partial charge in [-0.2, -0.15) is 0 Å². The van der Waals surface area contributed by atoms with E-state index in [1.54, 1.807) is 12.1 Å². The van der Waals surface area contributed by atoms with Crippen LogP contribution in [0.2, 0.25) is 0 Å². The van der Waals surface area contributed by atoms with E-state index in [0.717, 1.165) is 12.0 Å². The summed E-state index contributed by atoms with van der Waals surface area (Å²) in [6.07, 6.45) is 0.884. The third kappa shape index (κ3) is 2.86. The lowest BCUT2D eigenvalue weighted by molar-refractivity contribution is -0.149. The summed E-state index contributed by atoms with van der Waals surface area (Å²) in [6, 6.07) is 5.66. The summed E-state index contributed by atoms with van der Waals surface area (Å²) in [6.45, 7) is 2.35. The summed E-state index contributed by atoms with van der Waals surface area (Å²) in [7, 11) is 0. The average Bonchev–Trinajstić information content (AvgIpc) is 2.74. The number of aromatic hydroxyl groups is 1. The van der Waals surface area contributed by atoms with Crippen molar-refractivity contribution in [3.05, 3.63) is 29.8 Å². The maximum Gasteiger partial charge on any atom is 0.326 e. The van der Waals surface area contributed by atoms with Crippen LogP contribution in [0, 0.1) is 5.92 Å². The largest absolute Gasteiger partial charge is 0.508 e. The zero-order chi connectivity index (χ0) is 14.0. The monoisotopic (exact) mass is 263 g/mol. The Morgan fingerprint density at radius 3 is 2.53 bits per heavy atom. The fourth-order valence-corrected chi connectivity index (χ4v) is 2.49. The van der Waals surface area contributed by atoms with Gasteiger partial charge in [0.05, 0.1) is 6.42 Å². The van der Waals surface area contributed by atoms with Crippen LogP contribution < -0.4 is 0 Å². The minimum absolute atomic E-state index is 0.0127. The van der Waals surface area contributed by atoms with E-state index in [0.29, 0.717) is 6.54 Å². The van der Waals surface area contributed by atoms with Crippen LogP contribution in [-0.4, -0.2) is 39.6 Å². The molecule has 2 rings (SSSR count). The van der Waals surface area contributed by atoms with E-state index in [9.17, 15) is 19.8 Å². The fourth-order valence-electron chi connectivity index (χ4n) is 2.49. The number of likely N-dealkylation sites (tertiary alicyclic amines) is 1. The lowest BCUT2D eigenvalue weighted by atomic mass is 10.0. The van der Waals surface area contributed by atoms with E-state index in [2.05, 4.69) is 0 Å². The molecule has 1 saturated heterocycles. The number of aliphatic carboxylic acids is 1. The Kier molecular flexibility index (Phi) is 3.74. The zero-order valence-electron chi connectivity index (χ0n) is 10.7. The highest BCUT2D eigenvalue weighted by Gasteiger charge is 2.39. The molecule has 2 atom stereocenters. The van der Waals surface area contributed by atoms with Crippen molar-refractivity contribution in [1.82, 2.24) is 4.90 Å². The summed E-state index contributed by atoms with van der Waals surface area (Å²) in [5, 5.41) is 18.4. The second-order valence-electron chi connectivity index (χ2n) is 4.98. The Morgan fingerprint density at radius 2 is 1.95 bits per heavy atom. The summed E-state index contributed by atoms with van der Waals surface area (Å²) in [4.78, 5) is 24.8. The molecule has 1 aliphatic heterocycles. The van der Waals surface area contributed by atoms with Gasteiger partial charge >= 0.3 is 5.97 Å². The predicted octanol–water partition coefficient (Wildman–Crippen LogP) is 1.26. The maximum absolute atomic E-state index is 12.2. The van der Waals surface area contributed by atoms with Gasteiger partial charge in [-0.05, 0) is 30.0 Å². The number of phenolic OH excluding ortho intramolecular Hbond substituents is 1. The standard InChI is InChI=1S/C14H17NO4/c1-9-6-7-15(13(9)14(18)19)12(17)8-10-2-4-11(16)5-3-10/h2-5,9,13,16H,6-8H2,1H3,(H,18,19).